The fraction of sp³-hybridized carbons (Fsp3) is 0.571. The van der Waals surface area contributed by atoms with E-state index in [1.165, 1.54) is 5.57 Å². The first-order valence-electron chi connectivity index (χ1n) is 12.2. The van der Waals surface area contributed by atoms with Gasteiger partial charge in [-0.3, -0.25) is 9.59 Å². The number of anilines is 1. The lowest BCUT2D eigenvalue weighted by molar-refractivity contribution is -0.132. The minimum absolute atomic E-state index is 0.00174. The van der Waals surface area contributed by atoms with E-state index in [-0.39, 0.29) is 34.9 Å². The lowest BCUT2D eigenvalue weighted by atomic mass is 9.47. The zero-order valence-electron chi connectivity index (χ0n) is 19.5. The summed E-state index contributed by atoms with van der Waals surface area (Å²) in [6, 6.07) is 7.26. The van der Waals surface area contributed by atoms with Crippen LogP contribution >= 0.6 is 0 Å². The maximum absolute atomic E-state index is 13.4. The van der Waals surface area contributed by atoms with Gasteiger partial charge in [0.05, 0.1) is 0 Å². The smallest absolute Gasteiger partial charge is 0.178 e. The average Bonchev–Trinajstić information content (AvgIpc) is 3.04. The molecule has 5 rings (SSSR count). The molecule has 2 N–H and O–H groups in total. The van der Waals surface area contributed by atoms with E-state index in [0.717, 1.165) is 32.1 Å². The number of nitrogens with two attached hydrogens (primary N) is 1. The van der Waals surface area contributed by atoms with Crippen LogP contribution in [0.15, 0.2) is 48.1 Å². The Kier molecular flexibility index (Phi) is 5.11. The van der Waals surface area contributed by atoms with E-state index in [1.807, 2.05) is 18.2 Å². The maximum atomic E-state index is 13.4. The molecule has 7 atom stereocenters. The molecule has 4 heteroatoms. The Morgan fingerprint density at radius 1 is 1.16 bits per heavy atom. The van der Waals surface area contributed by atoms with E-state index in [9.17, 15) is 9.59 Å². The standard InChI is InChI=1S/C28H35NO3/c1-17-14-24-22-9-4-18-15-20(30)10-12-27(18,2)23(22)11-13-28(24,3)26(17)25(31)16-32-21-7-5-19(29)6-8-21/h5-8,10,12,15,17,22-24,26H,4,9,11,13-14,16,29H2,1-3H3/t17-,22?,23?,24?,26?,27?,28?/m1/s1. The predicted molar refractivity (Wildman–Crippen MR) is 126 cm³/mol. The van der Waals surface area contributed by atoms with Crippen LogP contribution in [0.4, 0.5) is 5.69 Å². The molecule has 1 aromatic rings. The van der Waals surface area contributed by atoms with Gasteiger partial charge in [0.2, 0.25) is 0 Å². The first-order valence-corrected chi connectivity index (χ1v) is 12.2. The van der Waals surface area contributed by atoms with Gasteiger partial charge >= 0.3 is 0 Å². The van der Waals surface area contributed by atoms with Crippen LogP contribution in [0.2, 0.25) is 0 Å². The van der Waals surface area contributed by atoms with E-state index in [2.05, 4.69) is 26.8 Å². The van der Waals surface area contributed by atoms with E-state index < -0.39 is 0 Å². The van der Waals surface area contributed by atoms with E-state index in [1.54, 1.807) is 18.2 Å². The van der Waals surface area contributed by atoms with E-state index in [0.29, 0.717) is 35.1 Å². The molecule has 32 heavy (non-hydrogen) atoms. The number of allylic oxidation sites excluding steroid dienone is 4. The van der Waals surface area contributed by atoms with Crippen LogP contribution in [0.25, 0.3) is 0 Å². The zero-order chi connectivity index (χ0) is 22.7. The summed E-state index contributed by atoms with van der Waals surface area (Å²) >= 11 is 0. The van der Waals surface area contributed by atoms with Gasteiger partial charge in [-0.2, -0.15) is 0 Å². The third-order valence-electron chi connectivity index (χ3n) is 9.51. The number of hydrogen-bond acceptors (Lipinski definition) is 4. The molecule has 4 nitrogen and oxygen atoms in total. The summed E-state index contributed by atoms with van der Waals surface area (Å²) in [7, 11) is 0. The van der Waals surface area contributed by atoms with Crippen LogP contribution in [0.5, 0.6) is 5.75 Å². The van der Waals surface area contributed by atoms with Gasteiger partial charge in [0.25, 0.3) is 0 Å². The lowest BCUT2D eigenvalue weighted by Gasteiger charge is -2.56. The number of benzene rings is 1. The highest BCUT2D eigenvalue weighted by atomic mass is 16.5. The first-order chi connectivity index (χ1) is 15.2. The monoisotopic (exact) mass is 433 g/mol. The Morgan fingerprint density at radius 3 is 2.66 bits per heavy atom. The fourth-order valence-corrected chi connectivity index (χ4v) is 8.06. The number of fused-ring (bicyclic) bond motifs is 5. The van der Waals surface area contributed by atoms with Crippen LogP contribution < -0.4 is 10.5 Å². The van der Waals surface area contributed by atoms with Crippen LogP contribution in [-0.2, 0) is 9.59 Å². The molecule has 3 fully saturated rings. The molecule has 4 aliphatic carbocycles. The summed E-state index contributed by atoms with van der Waals surface area (Å²) in [5.74, 6) is 3.24. The van der Waals surface area contributed by atoms with E-state index in [4.69, 9.17) is 10.5 Å². The molecule has 0 bridgehead atoms. The average molecular weight is 434 g/mol. The third-order valence-corrected chi connectivity index (χ3v) is 9.51. The van der Waals surface area contributed by atoms with Gasteiger partial charge in [0.15, 0.2) is 11.6 Å². The number of nitrogen functional groups attached to an aromatic ring is 1. The molecule has 1 aromatic carbocycles. The largest absolute Gasteiger partial charge is 0.486 e. The molecule has 6 unspecified atom stereocenters. The van der Waals surface area contributed by atoms with Crippen molar-refractivity contribution in [2.75, 3.05) is 12.3 Å². The number of rotatable bonds is 4. The minimum Gasteiger partial charge on any atom is -0.486 e. The molecule has 0 aromatic heterocycles. The Balaban J connectivity index is 1.35. The van der Waals surface area contributed by atoms with Crippen molar-refractivity contribution >= 4 is 17.3 Å². The van der Waals surface area contributed by atoms with Crippen LogP contribution in [-0.4, -0.2) is 18.2 Å². The molecule has 0 amide bonds. The highest BCUT2D eigenvalue weighted by molar-refractivity contribution is 6.01. The van der Waals surface area contributed by atoms with Crippen LogP contribution in [0.3, 0.4) is 0 Å². The highest BCUT2D eigenvalue weighted by Crippen LogP contribution is 2.67. The van der Waals surface area contributed by atoms with Crippen molar-refractivity contribution in [1.29, 1.82) is 0 Å². The maximum Gasteiger partial charge on any atom is 0.178 e. The van der Waals surface area contributed by atoms with Crippen molar-refractivity contribution in [2.24, 2.45) is 40.4 Å². The summed E-state index contributed by atoms with van der Waals surface area (Å²) in [5, 5.41) is 0. The summed E-state index contributed by atoms with van der Waals surface area (Å²) in [4.78, 5) is 25.4. The number of ketones is 2. The Labute approximate surface area is 191 Å². The van der Waals surface area contributed by atoms with Crippen molar-refractivity contribution in [3.8, 4) is 5.75 Å². The summed E-state index contributed by atoms with van der Waals surface area (Å²) in [6.07, 6.45) is 11.3. The molecule has 0 heterocycles. The minimum atomic E-state index is 0.00174. The summed E-state index contributed by atoms with van der Waals surface area (Å²) in [6.45, 7) is 7.10. The lowest BCUT2D eigenvalue weighted by Crippen LogP contribution is -2.50. The number of hydrogen-bond donors (Lipinski definition) is 1. The molecular formula is C28H35NO3. The molecule has 170 valence electrons. The molecular weight excluding hydrogens is 398 g/mol. The Morgan fingerprint density at radius 2 is 1.91 bits per heavy atom. The van der Waals surface area contributed by atoms with Gasteiger partial charge in [0, 0.05) is 17.0 Å². The van der Waals surface area contributed by atoms with Crippen LogP contribution in [0.1, 0.15) is 52.9 Å². The van der Waals surface area contributed by atoms with Crippen molar-refractivity contribution < 1.29 is 14.3 Å². The van der Waals surface area contributed by atoms with Crippen molar-refractivity contribution in [3.05, 3.63) is 48.1 Å². The predicted octanol–water partition coefficient (Wildman–Crippen LogP) is 5.39. The quantitative estimate of drug-likeness (QED) is 0.647. The van der Waals surface area contributed by atoms with Gasteiger partial charge in [-0.25, -0.2) is 0 Å². The number of carbonyl (C=O) groups excluding carboxylic acids is 2. The molecule has 3 saturated carbocycles. The van der Waals surface area contributed by atoms with Gasteiger partial charge in [-0.05, 0) is 97.6 Å². The van der Waals surface area contributed by atoms with Gasteiger partial charge in [-0.1, -0.05) is 32.4 Å². The fourth-order valence-electron chi connectivity index (χ4n) is 8.06. The zero-order valence-corrected chi connectivity index (χ0v) is 19.5. The molecule has 0 saturated heterocycles. The molecule has 0 radical (unpaired) electrons. The first kappa shape index (κ1) is 21.5. The topological polar surface area (TPSA) is 69.4 Å². The SMILES string of the molecule is C[C@@H]1CC2C3CCC4=CC(=O)C=CC4(C)C3CCC2(C)C1C(=O)COc1ccc(N)cc1. The van der Waals surface area contributed by atoms with Crippen molar-refractivity contribution in [2.45, 2.75) is 52.9 Å². The highest BCUT2D eigenvalue weighted by Gasteiger charge is 2.61. The van der Waals surface area contributed by atoms with Gasteiger partial charge < -0.3 is 10.5 Å². The summed E-state index contributed by atoms with van der Waals surface area (Å²) < 4.78 is 5.86. The molecule has 0 spiro atoms. The molecule has 4 aliphatic rings. The van der Waals surface area contributed by atoms with Gasteiger partial charge in [-0.15, -0.1) is 0 Å². The molecule has 0 aliphatic heterocycles. The summed E-state index contributed by atoms with van der Waals surface area (Å²) in [5.41, 5.74) is 7.81. The van der Waals surface area contributed by atoms with Crippen molar-refractivity contribution in [1.82, 2.24) is 0 Å². The second-order valence-electron chi connectivity index (χ2n) is 11.2. The van der Waals surface area contributed by atoms with E-state index >= 15 is 0 Å². The second kappa shape index (κ2) is 7.60. The van der Waals surface area contributed by atoms with Crippen LogP contribution in [0, 0.1) is 40.4 Å². The Hall–Kier alpha value is -2.36. The number of ether oxygens (including phenoxy) is 1. The number of Topliss-reactive ketones (excluding diaryl/α,β-unsaturated/α-hetero) is 1. The number of carbonyl (C=O) groups is 2. The van der Waals surface area contributed by atoms with Gasteiger partial charge in [0.1, 0.15) is 12.4 Å². The van der Waals surface area contributed by atoms with Crippen molar-refractivity contribution in [3.63, 3.8) is 0 Å². The normalized spacial score (nSPS) is 40.2. The second-order valence-corrected chi connectivity index (χ2v) is 11.2. The third kappa shape index (κ3) is 3.25. The Bertz CT molecular complexity index is 992.